The molecule has 140 valence electrons. The van der Waals surface area contributed by atoms with Crippen molar-refractivity contribution in [1.29, 1.82) is 0 Å². The number of aromatic carboxylic acids is 1. The van der Waals surface area contributed by atoms with E-state index in [1.807, 2.05) is 48.5 Å². The molecule has 7 nitrogen and oxygen atoms in total. The molecule has 4 rings (SSSR count). The quantitative estimate of drug-likeness (QED) is 0.516. The second kappa shape index (κ2) is 7.03. The van der Waals surface area contributed by atoms with Gasteiger partial charge in [0.1, 0.15) is 5.69 Å². The molecule has 0 spiro atoms. The molecule has 0 unspecified atom stereocenters. The fraction of sp³-hybridized carbons (Fsp3) is 0.0952. The maximum Gasteiger partial charge on any atom is 0.357 e. The third-order valence-corrected chi connectivity index (χ3v) is 4.37. The molecule has 7 heteroatoms. The Morgan fingerprint density at radius 1 is 1.11 bits per heavy atom. The van der Waals surface area contributed by atoms with E-state index in [0.717, 1.165) is 0 Å². The average Bonchev–Trinajstić information content (AvgIpc) is 3.30. The lowest BCUT2D eigenvalue weighted by molar-refractivity contribution is 0.0515. The van der Waals surface area contributed by atoms with Gasteiger partial charge in [-0.05, 0) is 31.2 Å². The number of hydrogen-bond acceptors (Lipinski definition) is 4. The Labute approximate surface area is 160 Å². The smallest absolute Gasteiger partial charge is 0.357 e. The number of esters is 1. The summed E-state index contributed by atoms with van der Waals surface area (Å²) in [6.45, 7) is 1.95. The van der Waals surface area contributed by atoms with Crippen LogP contribution < -0.4 is 0 Å². The predicted molar refractivity (Wildman–Crippen MR) is 104 cm³/mol. The first kappa shape index (κ1) is 17.5. The van der Waals surface area contributed by atoms with Crippen LogP contribution in [-0.2, 0) is 4.74 Å². The van der Waals surface area contributed by atoms with Crippen LogP contribution in [0.4, 0.5) is 0 Å². The van der Waals surface area contributed by atoms with Gasteiger partial charge in [0.05, 0.1) is 18.0 Å². The van der Waals surface area contributed by atoms with Crippen molar-refractivity contribution in [3.63, 3.8) is 0 Å². The highest BCUT2D eigenvalue weighted by atomic mass is 16.5. The van der Waals surface area contributed by atoms with Crippen LogP contribution in [-0.4, -0.2) is 38.4 Å². The van der Waals surface area contributed by atoms with E-state index in [9.17, 15) is 14.7 Å². The zero-order valence-electron chi connectivity index (χ0n) is 15.0. The fourth-order valence-corrected chi connectivity index (χ4v) is 3.19. The summed E-state index contributed by atoms with van der Waals surface area (Å²) in [5.41, 5.74) is 2.42. The van der Waals surface area contributed by atoms with E-state index in [-0.39, 0.29) is 18.0 Å². The molecular weight excluding hydrogens is 358 g/mol. The van der Waals surface area contributed by atoms with Crippen LogP contribution >= 0.6 is 0 Å². The number of rotatable bonds is 5. The molecule has 4 aromatic rings. The molecule has 28 heavy (non-hydrogen) atoms. The maximum absolute atomic E-state index is 12.5. The number of fused-ring (bicyclic) bond motifs is 1. The van der Waals surface area contributed by atoms with Crippen molar-refractivity contribution in [3.05, 3.63) is 72.1 Å². The van der Waals surface area contributed by atoms with E-state index >= 15 is 0 Å². The van der Waals surface area contributed by atoms with Gasteiger partial charge in [0.2, 0.25) is 0 Å². The molecule has 2 aromatic carbocycles. The number of hydrogen-bond donors (Lipinski definition) is 2. The summed E-state index contributed by atoms with van der Waals surface area (Å²) in [5, 5.41) is 14.9. The summed E-state index contributed by atoms with van der Waals surface area (Å²) in [5.74, 6) is -1.63. The highest BCUT2D eigenvalue weighted by Crippen LogP contribution is 2.33. The summed E-state index contributed by atoms with van der Waals surface area (Å²) < 4.78 is 6.63. The summed E-state index contributed by atoms with van der Waals surface area (Å²) >= 11 is 0. The molecule has 0 aliphatic heterocycles. The molecule has 0 fully saturated rings. The Bertz CT molecular complexity index is 1180. The summed E-state index contributed by atoms with van der Waals surface area (Å²) in [4.78, 5) is 27.2. The Morgan fingerprint density at radius 2 is 1.82 bits per heavy atom. The Balaban J connectivity index is 1.97. The fourth-order valence-electron chi connectivity index (χ4n) is 3.19. The lowest BCUT2D eigenvalue weighted by Gasteiger charge is -2.06. The Kier molecular flexibility index (Phi) is 4.41. The third kappa shape index (κ3) is 2.92. The van der Waals surface area contributed by atoms with Crippen molar-refractivity contribution in [1.82, 2.24) is 14.8 Å². The zero-order chi connectivity index (χ0) is 19.7. The topological polar surface area (TPSA) is 97.2 Å². The second-order valence-electron chi connectivity index (χ2n) is 6.11. The lowest BCUT2D eigenvalue weighted by atomic mass is 10.1. The second-order valence-corrected chi connectivity index (χ2v) is 6.11. The summed E-state index contributed by atoms with van der Waals surface area (Å²) in [6, 6.07) is 18.0. The predicted octanol–water partition coefficient (Wildman–Crippen LogP) is 3.90. The van der Waals surface area contributed by atoms with Crippen LogP contribution in [0.5, 0.6) is 0 Å². The molecule has 2 heterocycles. The van der Waals surface area contributed by atoms with E-state index in [2.05, 4.69) is 10.1 Å². The zero-order valence-corrected chi connectivity index (χ0v) is 15.0. The first-order valence-electron chi connectivity index (χ1n) is 8.77. The van der Waals surface area contributed by atoms with Gasteiger partial charge in [-0.15, -0.1) is 0 Å². The van der Waals surface area contributed by atoms with Gasteiger partial charge in [0, 0.05) is 16.5 Å². The lowest BCUT2D eigenvalue weighted by Crippen LogP contribution is -2.11. The van der Waals surface area contributed by atoms with Crippen LogP contribution in [0.25, 0.3) is 27.8 Å². The standard InChI is InChI=1S/C21H17N3O4/c1-2-28-21(27)17-12-16(23-24(17)13-8-4-3-5-9-13)18-14-10-6-7-11-15(14)22-19(18)20(25)26/h3-12,22H,2H2,1H3,(H,25,26). The molecule has 0 radical (unpaired) electrons. The molecule has 0 amide bonds. The first-order chi connectivity index (χ1) is 13.6. The Hall–Kier alpha value is -3.87. The highest BCUT2D eigenvalue weighted by Gasteiger charge is 2.24. The van der Waals surface area contributed by atoms with Crippen molar-refractivity contribution in [2.45, 2.75) is 6.92 Å². The number of H-pyrrole nitrogens is 1. The number of carboxylic acid groups (broad SMARTS) is 1. The average molecular weight is 375 g/mol. The molecular formula is C21H17N3O4. The van der Waals surface area contributed by atoms with Crippen LogP contribution in [0, 0.1) is 0 Å². The van der Waals surface area contributed by atoms with Crippen molar-refractivity contribution in [2.75, 3.05) is 6.61 Å². The van der Waals surface area contributed by atoms with E-state index in [0.29, 0.717) is 27.8 Å². The molecule has 0 atom stereocenters. The van der Waals surface area contributed by atoms with Gasteiger partial charge in [-0.1, -0.05) is 36.4 Å². The van der Waals surface area contributed by atoms with E-state index < -0.39 is 11.9 Å². The number of nitrogens with one attached hydrogen (secondary N) is 1. The number of carbonyl (C=O) groups excluding carboxylic acids is 1. The number of carboxylic acids is 1. The van der Waals surface area contributed by atoms with Gasteiger partial charge < -0.3 is 14.8 Å². The van der Waals surface area contributed by atoms with Gasteiger partial charge in [-0.2, -0.15) is 5.10 Å². The van der Waals surface area contributed by atoms with E-state index in [1.54, 1.807) is 19.1 Å². The number of ether oxygens (including phenoxy) is 1. The molecule has 0 aliphatic rings. The van der Waals surface area contributed by atoms with Crippen molar-refractivity contribution in [2.24, 2.45) is 0 Å². The first-order valence-corrected chi connectivity index (χ1v) is 8.77. The highest BCUT2D eigenvalue weighted by molar-refractivity contribution is 6.07. The van der Waals surface area contributed by atoms with Gasteiger partial charge in [0.15, 0.2) is 5.69 Å². The van der Waals surface area contributed by atoms with Crippen LogP contribution in [0.15, 0.2) is 60.7 Å². The molecule has 0 saturated carbocycles. The number of benzene rings is 2. The van der Waals surface area contributed by atoms with Crippen LogP contribution in [0.2, 0.25) is 0 Å². The minimum atomic E-state index is -1.10. The summed E-state index contributed by atoms with van der Waals surface area (Å²) in [7, 11) is 0. The SMILES string of the molecule is CCOC(=O)c1cc(-c2c(C(=O)O)[nH]c3ccccc23)nn1-c1ccccc1. The normalized spacial score (nSPS) is 10.9. The maximum atomic E-state index is 12.5. The monoisotopic (exact) mass is 375 g/mol. The van der Waals surface area contributed by atoms with Crippen molar-refractivity contribution in [3.8, 4) is 16.9 Å². The number of nitrogens with zero attached hydrogens (tertiary/aromatic N) is 2. The van der Waals surface area contributed by atoms with Gasteiger partial charge in [-0.25, -0.2) is 14.3 Å². The summed E-state index contributed by atoms with van der Waals surface area (Å²) in [6.07, 6.45) is 0. The number of para-hydroxylation sites is 2. The largest absolute Gasteiger partial charge is 0.477 e. The molecule has 0 saturated heterocycles. The number of aromatic amines is 1. The van der Waals surface area contributed by atoms with E-state index in [4.69, 9.17) is 4.74 Å². The van der Waals surface area contributed by atoms with Gasteiger partial charge in [-0.3, -0.25) is 0 Å². The van der Waals surface area contributed by atoms with Crippen molar-refractivity contribution >= 4 is 22.8 Å². The Morgan fingerprint density at radius 3 is 2.54 bits per heavy atom. The van der Waals surface area contributed by atoms with Crippen molar-refractivity contribution < 1.29 is 19.4 Å². The minimum absolute atomic E-state index is 0.0225. The van der Waals surface area contributed by atoms with Gasteiger partial charge >= 0.3 is 11.9 Å². The van der Waals surface area contributed by atoms with Crippen LogP contribution in [0.1, 0.15) is 27.9 Å². The van der Waals surface area contributed by atoms with E-state index in [1.165, 1.54) is 4.68 Å². The molecule has 0 aliphatic carbocycles. The minimum Gasteiger partial charge on any atom is -0.477 e. The number of aromatic nitrogens is 3. The molecule has 2 N–H and O–H groups in total. The molecule has 0 bridgehead atoms. The number of carbonyl (C=O) groups is 2. The molecule has 2 aromatic heterocycles. The third-order valence-electron chi connectivity index (χ3n) is 4.37. The van der Waals surface area contributed by atoms with Crippen LogP contribution in [0.3, 0.4) is 0 Å². The van der Waals surface area contributed by atoms with Gasteiger partial charge in [0.25, 0.3) is 0 Å².